The number of aliphatic hydroxyl groups is 2. The van der Waals surface area contributed by atoms with Gasteiger partial charge in [-0.05, 0) is 225 Å². The number of nitrogens with zero attached hydrogens (tertiary/aromatic N) is 2. The third kappa shape index (κ3) is 8.71. The zero-order chi connectivity index (χ0) is 65.0. The molecule has 10 aliphatic carbocycles. The van der Waals surface area contributed by atoms with Gasteiger partial charge in [0.05, 0.1) is 42.1 Å². The van der Waals surface area contributed by atoms with Gasteiger partial charge in [0.1, 0.15) is 30.0 Å². The maximum atomic E-state index is 14.2. The maximum absolute atomic E-state index is 14.2. The minimum atomic E-state index is -0.405. The molecule has 2 unspecified atom stereocenters. The van der Waals surface area contributed by atoms with Crippen LogP contribution < -0.4 is 0 Å². The van der Waals surface area contributed by atoms with Crippen LogP contribution in [0.25, 0.3) is 22.3 Å². The fourth-order valence-corrected chi connectivity index (χ4v) is 25.6. The fraction of sp³-hybridized carbons (Fsp3) is 0.619. The number of fused-ring (bicyclic) bond motifs is 18. The second-order valence-corrected chi connectivity index (χ2v) is 34.2. The van der Waals surface area contributed by atoms with Gasteiger partial charge in [0.2, 0.25) is 0 Å². The lowest BCUT2D eigenvalue weighted by Gasteiger charge is -2.49. The number of rotatable bonds is 4. The van der Waals surface area contributed by atoms with Gasteiger partial charge < -0.3 is 43.7 Å². The Bertz CT molecular complexity index is 3800. The summed E-state index contributed by atoms with van der Waals surface area (Å²) in [6.07, 6.45) is 20.9. The van der Waals surface area contributed by atoms with E-state index in [2.05, 4.69) is 174 Å². The van der Waals surface area contributed by atoms with E-state index in [1.165, 1.54) is 74.1 Å². The molecule has 5 saturated heterocycles. The van der Waals surface area contributed by atoms with E-state index in [0.29, 0.717) is 67.1 Å². The highest BCUT2D eigenvalue weighted by atomic mass is 16.7. The Labute approximate surface area is 563 Å². The summed E-state index contributed by atoms with van der Waals surface area (Å²) in [4.78, 5) is 32.4. The summed E-state index contributed by atoms with van der Waals surface area (Å²) < 4.78 is 34.4. The molecule has 0 radical (unpaired) electrons. The molecule has 19 rings (SSSR count). The molecule has 10 fully saturated rings. The summed E-state index contributed by atoms with van der Waals surface area (Å²) in [7, 11) is 0. The average molecular weight is 1280 g/mol. The van der Waals surface area contributed by atoms with Crippen molar-refractivity contribution in [1.82, 2.24) is 9.80 Å². The highest BCUT2D eigenvalue weighted by Gasteiger charge is 2.87. The minimum absolute atomic E-state index is 0.00634. The van der Waals surface area contributed by atoms with Crippen LogP contribution in [0, 0.1) is 70.0 Å². The molecular formula is C84H102N2O9. The van der Waals surface area contributed by atoms with Crippen molar-refractivity contribution in [3.63, 3.8) is 0 Å². The third-order valence-electron chi connectivity index (χ3n) is 30.2. The van der Waals surface area contributed by atoms with Crippen molar-refractivity contribution in [2.24, 2.45) is 70.0 Å². The summed E-state index contributed by atoms with van der Waals surface area (Å²) in [5.74, 6) is 4.98. The first kappa shape index (κ1) is 61.7. The lowest BCUT2D eigenvalue weighted by atomic mass is 9.56. The number of allylic oxidation sites excluding steroid dienone is 3. The first-order valence-electron chi connectivity index (χ1n) is 37.5. The molecule has 0 bridgehead atoms. The monoisotopic (exact) mass is 1280 g/mol. The molecule has 0 aromatic heterocycles. The first-order valence-corrected chi connectivity index (χ1v) is 37.5. The summed E-state index contributed by atoms with van der Waals surface area (Å²) in [6, 6.07) is 34.2. The molecule has 5 saturated carbocycles. The van der Waals surface area contributed by atoms with Gasteiger partial charge in [-0.3, -0.25) is 0 Å². The molecule has 5 heterocycles. The van der Waals surface area contributed by atoms with Crippen LogP contribution in [-0.2, 0) is 23.7 Å². The van der Waals surface area contributed by atoms with Gasteiger partial charge in [0.25, 0.3) is 0 Å². The van der Waals surface area contributed by atoms with Gasteiger partial charge in [-0.15, -0.1) is 0 Å². The van der Waals surface area contributed by atoms with Crippen LogP contribution in [0.4, 0.5) is 9.59 Å². The van der Waals surface area contributed by atoms with Gasteiger partial charge in [0.15, 0.2) is 0 Å². The number of amides is 2. The second-order valence-electron chi connectivity index (χ2n) is 34.2. The molecule has 2 amide bonds. The molecule has 11 nitrogen and oxygen atoms in total. The molecule has 502 valence electrons. The van der Waals surface area contributed by atoms with Gasteiger partial charge in [-0.2, -0.15) is 0 Å². The Morgan fingerprint density at radius 3 is 1.57 bits per heavy atom. The number of piperidine rings is 2. The van der Waals surface area contributed by atoms with Crippen LogP contribution in [0.1, 0.15) is 192 Å². The Morgan fingerprint density at radius 2 is 1.03 bits per heavy atom. The zero-order valence-corrected chi connectivity index (χ0v) is 57.6. The highest BCUT2D eigenvalue weighted by Crippen LogP contribution is 2.79. The zero-order valence-electron chi connectivity index (χ0n) is 57.6. The Hall–Kier alpha value is -5.56. The number of epoxide rings is 1. The van der Waals surface area contributed by atoms with Gasteiger partial charge in [-0.25, -0.2) is 9.59 Å². The van der Waals surface area contributed by atoms with E-state index in [0.717, 1.165) is 96.4 Å². The quantitative estimate of drug-likeness (QED) is 0.151. The lowest BCUT2D eigenvalue weighted by Crippen LogP contribution is -2.59. The van der Waals surface area contributed by atoms with Crippen LogP contribution in [0.3, 0.4) is 0 Å². The molecule has 2 N–H and O–H groups in total. The number of carbonyl (C=O) groups excluding carboxylic acids is 2. The number of hydrogen-bond donors (Lipinski definition) is 2. The van der Waals surface area contributed by atoms with E-state index in [1.807, 2.05) is 0 Å². The van der Waals surface area contributed by atoms with E-state index in [9.17, 15) is 19.8 Å². The van der Waals surface area contributed by atoms with E-state index in [1.54, 1.807) is 5.57 Å². The van der Waals surface area contributed by atoms with Crippen molar-refractivity contribution in [1.29, 1.82) is 0 Å². The van der Waals surface area contributed by atoms with Crippen LogP contribution in [0.2, 0.25) is 0 Å². The van der Waals surface area contributed by atoms with Crippen molar-refractivity contribution in [2.75, 3.05) is 26.3 Å². The number of carbonyl (C=O) groups is 2. The smallest absolute Gasteiger partial charge is 0.410 e. The van der Waals surface area contributed by atoms with Crippen molar-refractivity contribution in [2.45, 2.75) is 229 Å². The SMILES string of the molecule is CC1=C2C[C@H]3[C@@H](CC=C4C[C@@H](O)CC[C@@]43C)[C@@H]2CC[C@]12O[C@@H]1C[C@H](C)CN(C(=O)OCC3c4ccccc4-c4ccccc43)[C@H]1[C@H]2C.C[C@H]1C[C@H]2O[C@]3(CC[C@H]4[C@@H]5CC=C6C[C@@H](O)CC[C@]6(C)[C@H]5CC45OC53C)[C@H](C)[C@@H]2N(C(=O)OCC2c3ccccc3-c3ccccc32)C1. The van der Waals surface area contributed by atoms with Crippen molar-refractivity contribution in [3.05, 3.63) is 154 Å². The molecule has 5 aliphatic heterocycles. The number of ether oxygens (including phenoxy) is 5. The first-order chi connectivity index (χ1) is 45.8. The molecular weight excluding hydrogens is 1180 g/mol. The van der Waals surface area contributed by atoms with E-state index in [-0.39, 0.29) is 100.0 Å². The summed E-state index contributed by atoms with van der Waals surface area (Å²) >= 11 is 0. The Kier molecular flexibility index (Phi) is 14.3. The van der Waals surface area contributed by atoms with Crippen molar-refractivity contribution >= 4 is 12.2 Å². The molecule has 4 aromatic rings. The third-order valence-corrected chi connectivity index (χ3v) is 30.2. The van der Waals surface area contributed by atoms with Crippen molar-refractivity contribution in [3.8, 4) is 22.3 Å². The molecule has 15 aliphatic rings. The van der Waals surface area contributed by atoms with Gasteiger partial charge in [0, 0.05) is 36.8 Å². The normalized spacial score (nSPS) is 43.4. The summed E-state index contributed by atoms with van der Waals surface area (Å²) in [5, 5.41) is 21.0. The fourth-order valence-electron chi connectivity index (χ4n) is 25.6. The van der Waals surface area contributed by atoms with E-state index < -0.39 is 5.60 Å². The number of aliphatic hydroxyl groups excluding tert-OH is 2. The number of hydrogen-bond acceptors (Lipinski definition) is 9. The predicted octanol–water partition coefficient (Wildman–Crippen LogP) is 16.5. The Morgan fingerprint density at radius 1 is 0.547 bits per heavy atom. The summed E-state index contributed by atoms with van der Waals surface area (Å²) in [5.41, 5.74) is 15.3. The van der Waals surface area contributed by atoms with Gasteiger partial charge >= 0.3 is 12.2 Å². The molecule has 4 aromatic carbocycles. The predicted molar refractivity (Wildman–Crippen MR) is 367 cm³/mol. The van der Waals surface area contributed by atoms with Gasteiger partial charge in [-0.1, -0.05) is 167 Å². The minimum Gasteiger partial charge on any atom is -0.448 e. The number of likely N-dealkylation sites (tertiary alicyclic amines) is 2. The average Bonchev–Trinajstić information content (AvgIpc) is 1.46. The molecule has 11 heteroatoms. The topological polar surface area (TPSA) is 131 Å². The largest absolute Gasteiger partial charge is 0.448 e. The van der Waals surface area contributed by atoms with E-state index >= 15 is 0 Å². The Balaban J connectivity index is 0.000000139. The van der Waals surface area contributed by atoms with Crippen LogP contribution in [0.5, 0.6) is 0 Å². The van der Waals surface area contributed by atoms with Crippen LogP contribution >= 0.6 is 0 Å². The van der Waals surface area contributed by atoms with E-state index in [4.69, 9.17) is 23.7 Å². The lowest BCUT2D eigenvalue weighted by molar-refractivity contribution is -0.124. The summed E-state index contributed by atoms with van der Waals surface area (Å²) in [6.45, 7) is 21.1. The van der Waals surface area contributed by atoms with Crippen LogP contribution in [0.15, 0.2) is 132 Å². The molecule has 95 heavy (non-hydrogen) atoms. The standard InChI is InChI=1S/C42H51NO5.C42H51NO4/c1-24-19-36-37(43(22-24)38(45)46-23-33-30-11-7-5-9-28(30)29-10-6-8-12-31(29)33)25(2)41(47-36)18-16-34-32-14-13-26-20-27(44)15-17-39(26,3)35(32)21-42(34)40(41,4)48-42;1-24-19-38-39(43(22-24)40(45)46-23-36-31-11-7-5-9-29(31)30-10-6-8-12-32(30)36)26(3)42(47-38)18-16-33-34-14-13-27-20-28(44)15-17-41(27,4)37(34)21-35(33)25(42)2/h5-13,24-25,27,32-37,44H,14-23H2,1-4H3;5-13,24,26,28,33-34,36-39,44H,14-23H2,1-4H3/t24-,25+,27-,32-,34-,35-,36+,37-,39-,40?,41+,42?;24-,26+,28-,33-,34-,37-,38+,39-,41-,42-/m00/s1. The number of benzene rings is 4. The van der Waals surface area contributed by atoms with Crippen LogP contribution in [-0.4, -0.2) is 117 Å². The maximum Gasteiger partial charge on any atom is 0.410 e. The molecule has 22 atom stereocenters. The van der Waals surface area contributed by atoms with Crippen molar-refractivity contribution < 1.29 is 43.5 Å². The molecule has 3 spiro atoms. The second kappa shape index (κ2) is 22.0. The highest BCUT2D eigenvalue weighted by molar-refractivity contribution is 5.80.